The Morgan fingerprint density at radius 2 is 1.81 bits per heavy atom. The molecule has 0 saturated heterocycles. The fraction of sp³-hybridized carbons (Fsp3) is 0.375. The van der Waals surface area contributed by atoms with Crippen molar-refractivity contribution in [2.45, 2.75) is 44.3 Å². The van der Waals surface area contributed by atoms with Gasteiger partial charge in [-0.1, -0.05) is 43.8 Å². The van der Waals surface area contributed by atoms with E-state index in [1.165, 1.54) is 23.9 Å². The molecule has 0 spiro atoms. The summed E-state index contributed by atoms with van der Waals surface area (Å²) in [6.07, 6.45) is 0.995. The van der Waals surface area contributed by atoms with Gasteiger partial charge in [0.15, 0.2) is 11.0 Å². The number of benzene rings is 2. The summed E-state index contributed by atoms with van der Waals surface area (Å²) in [6.45, 7) is 6.31. The Morgan fingerprint density at radius 3 is 2.47 bits per heavy atom. The Labute approximate surface area is 193 Å². The van der Waals surface area contributed by atoms with Gasteiger partial charge in [0.05, 0.1) is 11.8 Å². The molecule has 0 radical (unpaired) electrons. The fourth-order valence-corrected chi connectivity index (χ4v) is 4.04. The summed E-state index contributed by atoms with van der Waals surface area (Å²) in [5, 5.41) is 12.3. The number of rotatable bonds is 9. The van der Waals surface area contributed by atoms with Gasteiger partial charge in [-0.15, -0.1) is 10.2 Å². The fourth-order valence-electron chi connectivity index (χ4n) is 3.29. The molecule has 0 aliphatic heterocycles. The predicted octanol–water partition coefficient (Wildman–Crippen LogP) is 5.27. The third-order valence-electron chi connectivity index (χ3n) is 5.60. The molecule has 0 unspecified atom stereocenters. The highest BCUT2D eigenvalue weighted by molar-refractivity contribution is 7.99. The number of anilines is 1. The highest BCUT2D eigenvalue weighted by Crippen LogP contribution is 2.29. The van der Waals surface area contributed by atoms with E-state index in [0.29, 0.717) is 11.1 Å². The average Bonchev–Trinajstić information content (AvgIpc) is 3.21. The minimum absolute atomic E-state index is 0.0156. The standard InChI is InChI=1S/C24H30FN5OS/c1-6-16(2)20-9-7-8-10-21(20)26-22(31)15-32-24-28-27-23(17(3)29(4)5)30(24)19-13-11-18(25)12-14-19/h7-14,16-17H,6,15H2,1-5H3,(H,26,31)/t16-,17-/m0/s1. The lowest BCUT2D eigenvalue weighted by Crippen LogP contribution is -2.21. The van der Waals surface area contributed by atoms with Crippen molar-refractivity contribution in [1.82, 2.24) is 19.7 Å². The van der Waals surface area contributed by atoms with Crippen LogP contribution < -0.4 is 5.32 Å². The van der Waals surface area contributed by atoms with Crippen LogP contribution in [0.25, 0.3) is 5.69 Å². The van der Waals surface area contributed by atoms with Crippen LogP contribution in [0, 0.1) is 5.82 Å². The van der Waals surface area contributed by atoms with Crippen molar-refractivity contribution >= 4 is 23.4 Å². The van der Waals surface area contributed by atoms with Crippen LogP contribution in [-0.2, 0) is 4.79 Å². The van der Waals surface area contributed by atoms with Gasteiger partial charge in [0.1, 0.15) is 5.82 Å². The second-order valence-corrected chi connectivity index (χ2v) is 8.97. The molecule has 1 aromatic heterocycles. The third kappa shape index (κ3) is 5.55. The highest BCUT2D eigenvalue weighted by atomic mass is 32.2. The van der Waals surface area contributed by atoms with Gasteiger partial charge in [0, 0.05) is 11.4 Å². The summed E-state index contributed by atoms with van der Waals surface area (Å²) < 4.78 is 15.4. The summed E-state index contributed by atoms with van der Waals surface area (Å²) in [5.74, 6) is 0.853. The van der Waals surface area contributed by atoms with Crippen molar-refractivity contribution in [2.24, 2.45) is 0 Å². The molecule has 2 aromatic carbocycles. The molecule has 3 aromatic rings. The van der Waals surface area contributed by atoms with E-state index in [1.54, 1.807) is 12.1 Å². The van der Waals surface area contributed by atoms with E-state index >= 15 is 0 Å². The van der Waals surface area contributed by atoms with Crippen LogP contribution in [0.3, 0.4) is 0 Å². The average molecular weight is 456 g/mol. The maximum Gasteiger partial charge on any atom is 0.234 e. The number of carbonyl (C=O) groups is 1. The molecular weight excluding hydrogens is 425 g/mol. The van der Waals surface area contributed by atoms with E-state index in [1.807, 2.05) is 48.7 Å². The summed E-state index contributed by atoms with van der Waals surface area (Å²) in [7, 11) is 3.92. The van der Waals surface area contributed by atoms with E-state index in [-0.39, 0.29) is 23.5 Å². The zero-order valence-corrected chi connectivity index (χ0v) is 20.0. The Morgan fingerprint density at radius 1 is 1.12 bits per heavy atom. The molecule has 6 nitrogen and oxygen atoms in total. The zero-order chi connectivity index (χ0) is 23.3. The van der Waals surface area contributed by atoms with Crippen LogP contribution in [0.4, 0.5) is 10.1 Å². The van der Waals surface area contributed by atoms with E-state index in [2.05, 4.69) is 35.4 Å². The largest absolute Gasteiger partial charge is 0.325 e. The lowest BCUT2D eigenvalue weighted by atomic mass is 9.97. The first kappa shape index (κ1) is 23.9. The molecule has 170 valence electrons. The van der Waals surface area contributed by atoms with Gasteiger partial charge in [-0.05, 0) is 69.3 Å². The summed E-state index contributed by atoms with van der Waals surface area (Å²) >= 11 is 1.31. The third-order valence-corrected chi connectivity index (χ3v) is 6.53. The molecular formula is C24H30FN5OS. The number of nitrogens with zero attached hydrogens (tertiary/aromatic N) is 4. The van der Waals surface area contributed by atoms with Crippen LogP contribution in [0.15, 0.2) is 53.7 Å². The second-order valence-electron chi connectivity index (χ2n) is 8.03. The second kappa shape index (κ2) is 10.7. The van der Waals surface area contributed by atoms with Gasteiger partial charge >= 0.3 is 0 Å². The number of nitrogens with one attached hydrogen (secondary N) is 1. The van der Waals surface area contributed by atoms with E-state index in [9.17, 15) is 9.18 Å². The summed E-state index contributed by atoms with van der Waals surface area (Å²) in [4.78, 5) is 14.8. The van der Waals surface area contributed by atoms with Crippen LogP contribution >= 0.6 is 11.8 Å². The van der Waals surface area contributed by atoms with Crippen molar-refractivity contribution < 1.29 is 9.18 Å². The lowest BCUT2D eigenvalue weighted by molar-refractivity contribution is -0.113. The minimum Gasteiger partial charge on any atom is -0.325 e. The number of halogens is 1. The van der Waals surface area contributed by atoms with Crippen LogP contribution in [0.5, 0.6) is 0 Å². The molecule has 0 aliphatic carbocycles. The molecule has 1 N–H and O–H groups in total. The first-order valence-electron chi connectivity index (χ1n) is 10.7. The van der Waals surface area contributed by atoms with Crippen molar-refractivity contribution in [2.75, 3.05) is 25.2 Å². The van der Waals surface area contributed by atoms with Crippen molar-refractivity contribution in [3.8, 4) is 5.69 Å². The quantitative estimate of drug-likeness (QED) is 0.445. The summed E-state index contributed by atoms with van der Waals surface area (Å²) in [6, 6.07) is 14.1. The van der Waals surface area contributed by atoms with E-state index in [4.69, 9.17) is 0 Å². The molecule has 32 heavy (non-hydrogen) atoms. The maximum atomic E-state index is 13.5. The zero-order valence-electron chi connectivity index (χ0n) is 19.2. The Kier molecular flexibility index (Phi) is 8.04. The maximum absolute atomic E-state index is 13.5. The first-order chi connectivity index (χ1) is 15.3. The molecule has 8 heteroatoms. The molecule has 1 amide bonds. The Hall–Kier alpha value is -2.71. The van der Waals surface area contributed by atoms with Gasteiger partial charge in [-0.3, -0.25) is 14.3 Å². The lowest BCUT2D eigenvalue weighted by Gasteiger charge is -2.20. The molecule has 1 heterocycles. The van der Waals surface area contributed by atoms with Crippen LogP contribution in [0.1, 0.15) is 50.5 Å². The first-order valence-corrected chi connectivity index (χ1v) is 11.7. The number of hydrogen-bond acceptors (Lipinski definition) is 5. The van der Waals surface area contributed by atoms with Crippen LogP contribution in [0.2, 0.25) is 0 Å². The van der Waals surface area contributed by atoms with Gasteiger partial charge in [-0.2, -0.15) is 0 Å². The predicted molar refractivity (Wildman–Crippen MR) is 128 cm³/mol. The van der Waals surface area contributed by atoms with Gasteiger partial charge in [0.25, 0.3) is 0 Å². The Balaban J connectivity index is 1.81. The molecule has 3 rings (SSSR count). The SMILES string of the molecule is CC[C@H](C)c1ccccc1NC(=O)CSc1nnc([C@H](C)N(C)C)n1-c1ccc(F)cc1. The molecule has 0 bridgehead atoms. The number of para-hydroxylation sites is 1. The number of amides is 1. The molecule has 2 atom stereocenters. The smallest absolute Gasteiger partial charge is 0.234 e. The van der Waals surface area contributed by atoms with Gasteiger partial charge in [0.2, 0.25) is 5.91 Å². The minimum atomic E-state index is -0.308. The van der Waals surface area contributed by atoms with E-state index in [0.717, 1.165) is 29.2 Å². The monoisotopic (exact) mass is 455 g/mol. The van der Waals surface area contributed by atoms with E-state index < -0.39 is 0 Å². The summed E-state index contributed by atoms with van der Waals surface area (Å²) in [5.41, 5.74) is 2.73. The Bertz CT molecular complexity index is 1050. The number of thioether (sulfide) groups is 1. The molecule has 0 saturated carbocycles. The normalized spacial score (nSPS) is 13.2. The van der Waals surface area contributed by atoms with Gasteiger partial charge in [-0.25, -0.2) is 4.39 Å². The number of aromatic nitrogens is 3. The highest BCUT2D eigenvalue weighted by Gasteiger charge is 2.22. The molecule has 0 fully saturated rings. The topological polar surface area (TPSA) is 63.1 Å². The number of hydrogen-bond donors (Lipinski definition) is 1. The van der Waals surface area contributed by atoms with Gasteiger partial charge < -0.3 is 5.32 Å². The number of carbonyl (C=O) groups excluding carboxylic acids is 1. The van der Waals surface area contributed by atoms with Crippen molar-refractivity contribution in [1.29, 1.82) is 0 Å². The molecule has 0 aliphatic rings. The van der Waals surface area contributed by atoms with Crippen molar-refractivity contribution in [3.63, 3.8) is 0 Å². The van der Waals surface area contributed by atoms with Crippen LogP contribution in [-0.4, -0.2) is 45.4 Å². The van der Waals surface area contributed by atoms with Crippen molar-refractivity contribution in [3.05, 3.63) is 65.7 Å².